The number of piperidine rings is 1. The third-order valence-electron chi connectivity index (χ3n) is 5.98. The third kappa shape index (κ3) is 4.85. The molecule has 33 heavy (non-hydrogen) atoms. The van der Waals surface area contributed by atoms with Gasteiger partial charge in [-0.2, -0.15) is 4.98 Å². The van der Waals surface area contributed by atoms with Crippen LogP contribution >= 0.6 is 0 Å². The van der Waals surface area contributed by atoms with E-state index in [1.807, 2.05) is 18.2 Å². The summed E-state index contributed by atoms with van der Waals surface area (Å²) >= 11 is 0. The first kappa shape index (κ1) is 21.5. The number of aromatic nitrogens is 3. The van der Waals surface area contributed by atoms with E-state index < -0.39 is 5.82 Å². The fourth-order valence-electron chi connectivity index (χ4n) is 4.23. The number of hydrogen-bond acceptors (Lipinski definition) is 6. The smallest absolute Gasteiger partial charge is 0.322 e. The minimum atomic E-state index is -0.485. The molecule has 0 aliphatic carbocycles. The van der Waals surface area contributed by atoms with Crippen LogP contribution in [0.15, 0.2) is 42.7 Å². The highest BCUT2D eigenvalue weighted by Crippen LogP contribution is 2.33. The quantitative estimate of drug-likeness (QED) is 0.367. The molecule has 1 aliphatic heterocycles. The van der Waals surface area contributed by atoms with Gasteiger partial charge in [0.2, 0.25) is 0 Å². The van der Waals surface area contributed by atoms with E-state index in [1.54, 1.807) is 25.6 Å². The zero-order chi connectivity index (χ0) is 22.6. The number of hydrogen-bond donors (Lipinski definition) is 1. The lowest BCUT2D eigenvalue weighted by Gasteiger charge is -2.26. The Balaban J connectivity index is 1.31. The number of methoxy groups -OCH3 is 1. The van der Waals surface area contributed by atoms with Gasteiger partial charge >= 0.3 is 6.01 Å². The van der Waals surface area contributed by atoms with E-state index in [2.05, 4.69) is 19.9 Å². The van der Waals surface area contributed by atoms with Crippen molar-refractivity contribution < 1.29 is 18.6 Å². The monoisotopic (exact) mass is 450 g/mol. The summed E-state index contributed by atoms with van der Waals surface area (Å²) in [7, 11) is 1.61. The number of aromatic amines is 1. The number of likely N-dealkylation sites (tertiary alicyclic amines) is 1. The van der Waals surface area contributed by atoms with Gasteiger partial charge in [-0.15, -0.1) is 0 Å². The van der Waals surface area contributed by atoms with Crippen molar-refractivity contribution in [3.05, 3.63) is 48.5 Å². The molecular formula is C25H27FN4O3. The number of rotatable bonds is 8. The van der Waals surface area contributed by atoms with E-state index in [1.165, 1.54) is 38.4 Å². The second-order valence-electron chi connectivity index (χ2n) is 8.27. The number of nitrogens with zero attached hydrogens (tertiary/aromatic N) is 3. The van der Waals surface area contributed by atoms with Crippen LogP contribution in [0.4, 0.5) is 4.39 Å². The summed E-state index contributed by atoms with van der Waals surface area (Å²) in [4.78, 5) is 14.2. The minimum absolute atomic E-state index is 0.0671. The lowest BCUT2D eigenvalue weighted by atomic mass is 10.1. The molecule has 0 radical (unpaired) electrons. The highest BCUT2D eigenvalue weighted by molar-refractivity contribution is 5.83. The van der Waals surface area contributed by atoms with Crippen molar-refractivity contribution in [3.8, 4) is 23.3 Å². The van der Waals surface area contributed by atoms with Crippen LogP contribution in [0, 0.1) is 5.82 Å². The van der Waals surface area contributed by atoms with Crippen LogP contribution in [0.1, 0.15) is 25.7 Å². The van der Waals surface area contributed by atoms with Crippen LogP contribution in [-0.4, -0.2) is 53.2 Å². The van der Waals surface area contributed by atoms with E-state index in [9.17, 15) is 4.39 Å². The molecule has 2 aromatic heterocycles. The second kappa shape index (κ2) is 9.62. The second-order valence-corrected chi connectivity index (χ2v) is 8.27. The van der Waals surface area contributed by atoms with Gasteiger partial charge in [0.15, 0.2) is 23.1 Å². The van der Waals surface area contributed by atoms with Crippen LogP contribution in [0.25, 0.3) is 21.8 Å². The van der Waals surface area contributed by atoms with E-state index in [0.717, 1.165) is 23.7 Å². The van der Waals surface area contributed by atoms with E-state index in [4.69, 9.17) is 14.2 Å². The fourth-order valence-corrected chi connectivity index (χ4v) is 4.23. The Morgan fingerprint density at radius 2 is 1.88 bits per heavy atom. The molecule has 1 N–H and O–H groups in total. The molecule has 7 nitrogen and oxygen atoms in total. The summed E-state index contributed by atoms with van der Waals surface area (Å²) in [5.41, 5.74) is 1.34. The van der Waals surface area contributed by atoms with E-state index in [0.29, 0.717) is 29.1 Å². The van der Waals surface area contributed by atoms with Gasteiger partial charge < -0.3 is 24.1 Å². The van der Waals surface area contributed by atoms with Gasteiger partial charge in [-0.05, 0) is 50.6 Å². The van der Waals surface area contributed by atoms with Crippen LogP contribution in [0.2, 0.25) is 0 Å². The van der Waals surface area contributed by atoms with Gasteiger partial charge in [-0.3, -0.25) is 0 Å². The van der Waals surface area contributed by atoms with E-state index >= 15 is 0 Å². The highest BCUT2D eigenvalue weighted by Gasteiger charge is 2.14. The molecule has 172 valence electrons. The van der Waals surface area contributed by atoms with Crippen molar-refractivity contribution in [2.24, 2.45) is 0 Å². The summed E-state index contributed by atoms with van der Waals surface area (Å²) in [6.07, 6.45) is 8.23. The molecule has 0 atom stereocenters. The number of fused-ring (bicyclic) bond motifs is 2. The first-order valence-electron chi connectivity index (χ1n) is 11.3. The van der Waals surface area contributed by atoms with Gasteiger partial charge in [0.25, 0.3) is 0 Å². The van der Waals surface area contributed by atoms with Gasteiger partial charge in [-0.25, -0.2) is 9.37 Å². The molecule has 1 fully saturated rings. The third-order valence-corrected chi connectivity index (χ3v) is 5.98. The molecule has 0 amide bonds. The SMILES string of the molecule is COc1cc2cnc(Oc3cc4cc[nH]c4cc3F)nc2cc1OCCCN1CCCCC1. The molecule has 0 unspecified atom stereocenters. The zero-order valence-corrected chi connectivity index (χ0v) is 18.6. The molecule has 4 aromatic rings. The number of nitrogens with one attached hydrogen (secondary N) is 1. The predicted octanol–water partition coefficient (Wildman–Crippen LogP) is 5.31. The number of H-pyrrole nitrogens is 1. The highest BCUT2D eigenvalue weighted by atomic mass is 19.1. The molecule has 1 aliphatic rings. The van der Waals surface area contributed by atoms with Crippen molar-refractivity contribution in [2.75, 3.05) is 33.4 Å². The van der Waals surface area contributed by atoms with Gasteiger partial charge in [-0.1, -0.05) is 6.42 Å². The van der Waals surface area contributed by atoms with Crippen molar-refractivity contribution in [3.63, 3.8) is 0 Å². The Labute approximate surface area is 191 Å². The maximum atomic E-state index is 14.4. The summed E-state index contributed by atoms with van der Waals surface area (Å²) in [5.74, 6) is 0.833. The molecule has 8 heteroatoms. The Morgan fingerprint density at radius 1 is 1.03 bits per heavy atom. The number of benzene rings is 2. The molecule has 3 heterocycles. The van der Waals surface area contributed by atoms with E-state index in [-0.39, 0.29) is 11.8 Å². The van der Waals surface area contributed by atoms with Crippen molar-refractivity contribution in [1.82, 2.24) is 19.9 Å². The van der Waals surface area contributed by atoms with Gasteiger partial charge in [0.05, 0.1) is 19.2 Å². The molecule has 0 bridgehead atoms. The van der Waals surface area contributed by atoms with Crippen LogP contribution in [0.5, 0.6) is 23.3 Å². The maximum absolute atomic E-state index is 14.4. The standard InChI is InChI=1S/C25H27FN4O3/c1-31-23-13-18-16-28-25(33-22-12-17-6-7-27-20(17)14-19(22)26)29-21(18)15-24(23)32-11-5-10-30-8-3-2-4-9-30/h6-7,12-16,27H,2-5,8-11H2,1H3. The Morgan fingerprint density at radius 3 is 2.73 bits per heavy atom. The van der Waals surface area contributed by atoms with Gasteiger partial charge in [0, 0.05) is 47.4 Å². The van der Waals surface area contributed by atoms with Gasteiger partial charge in [0.1, 0.15) is 0 Å². The van der Waals surface area contributed by atoms with Crippen LogP contribution < -0.4 is 14.2 Å². The summed E-state index contributed by atoms with van der Waals surface area (Å²) in [5, 5.41) is 1.62. The Kier molecular flexibility index (Phi) is 6.26. The molecule has 0 spiro atoms. The first-order chi connectivity index (χ1) is 16.2. The van der Waals surface area contributed by atoms with Crippen molar-refractivity contribution >= 4 is 21.8 Å². The number of ether oxygens (including phenoxy) is 3. The predicted molar refractivity (Wildman–Crippen MR) is 125 cm³/mol. The molecule has 1 saturated heterocycles. The normalized spacial score (nSPS) is 14.6. The first-order valence-corrected chi connectivity index (χ1v) is 11.3. The number of halogens is 1. The average Bonchev–Trinajstić information content (AvgIpc) is 3.29. The molecule has 5 rings (SSSR count). The average molecular weight is 451 g/mol. The lowest BCUT2D eigenvalue weighted by Crippen LogP contribution is -2.31. The Bertz CT molecular complexity index is 1250. The largest absolute Gasteiger partial charge is 0.493 e. The lowest BCUT2D eigenvalue weighted by molar-refractivity contribution is 0.203. The summed E-state index contributed by atoms with van der Waals surface area (Å²) in [6.45, 7) is 3.98. The molecule has 2 aromatic carbocycles. The maximum Gasteiger partial charge on any atom is 0.322 e. The van der Waals surface area contributed by atoms with Crippen LogP contribution in [0.3, 0.4) is 0 Å². The summed E-state index contributed by atoms with van der Waals surface area (Å²) < 4.78 is 31.6. The Hall–Kier alpha value is -3.39. The zero-order valence-electron chi connectivity index (χ0n) is 18.6. The van der Waals surface area contributed by atoms with Crippen molar-refractivity contribution in [2.45, 2.75) is 25.7 Å². The van der Waals surface area contributed by atoms with Crippen molar-refractivity contribution in [1.29, 1.82) is 0 Å². The molecular weight excluding hydrogens is 423 g/mol. The van der Waals surface area contributed by atoms with Crippen LogP contribution in [-0.2, 0) is 0 Å². The molecule has 0 saturated carbocycles. The topological polar surface area (TPSA) is 72.5 Å². The fraction of sp³-hybridized carbons (Fsp3) is 0.360. The summed E-state index contributed by atoms with van der Waals surface area (Å²) in [6, 6.07) is 8.59. The minimum Gasteiger partial charge on any atom is -0.493 e.